The molecule has 0 aromatic rings. The Labute approximate surface area is 75.9 Å². The zero-order valence-electron chi connectivity index (χ0n) is 9.12. The average molecular weight is 168 g/mol. The molecule has 0 rings (SSSR count). The maximum atomic E-state index is 11.5. The van der Waals surface area contributed by atoms with Crippen molar-refractivity contribution in [2.45, 2.75) is 48.0 Å². The van der Waals surface area contributed by atoms with Crippen LogP contribution in [0.4, 0.5) is 0 Å². The molecule has 0 unspecified atom stereocenters. The van der Waals surface area contributed by atoms with Crippen LogP contribution in [-0.4, -0.2) is 5.78 Å². The third-order valence-electron chi connectivity index (χ3n) is 2.12. The number of rotatable bonds is 2. The van der Waals surface area contributed by atoms with E-state index in [4.69, 9.17) is 0 Å². The molecule has 1 heteroatoms. The minimum absolute atomic E-state index is 0.198. The monoisotopic (exact) mass is 168 g/mol. The Morgan fingerprint density at radius 2 is 1.50 bits per heavy atom. The van der Waals surface area contributed by atoms with Gasteiger partial charge in [0.05, 0.1) is 0 Å². The van der Waals surface area contributed by atoms with Gasteiger partial charge in [-0.2, -0.15) is 0 Å². The van der Waals surface area contributed by atoms with Crippen LogP contribution in [0.25, 0.3) is 0 Å². The van der Waals surface area contributed by atoms with Gasteiger partial charge in [0.1, 0.15) is 5.78 Å². The molecule has 0 saturated heterocycles. The van der Waals surface area contributed by atoms with E-state index in [9.17, 15) is 4.79 Å². The molecule has 0 N–H and O–H groups in total. The molecule has 0 aliphatic carbocycles. The minimum Gasteiger partial charge on any atom is -0.299 e. The molecule has 0 fully saturated rings. The lowest BCUT2D eigenvalue weighted by molar-refractivity contribution is -0.125. The Morgan fingerprint density at radius 3 is 1.75 bits per heavy atom. The molecule has 0 saturated carbocycles. The van der Waals surface area contributed by atoms with Gasteiger partial charge in [-0.15, -0.1) is 0 Å². The van der Waals surface area contributed by atoms with Crippen LogP contribution < -0.4 is 0 Å². The molecule has 0 aliphatic heterocycles. The number of hydrogen-bond donors (Lipinski definition) is 0. The van der Waals surface area contributed by atoms with E-state index in [-0.39, 0.29) is 5.41 Å². The van der Waals surface area contributed by atoms with Gasteiger partial charge in [-0.05, 0) is 20.8 Å². The van der Waals surface area contributed by atoms with Crippen molar-refractivity contribution in [3.05, 3.63) is 11.1 Å². The summed E-state index contributed by atoms with van der Waals surface area (Å²) in [7, 11) is 0. The van der Waals surface area contributed by atoms with Gasteiger partial charge in [0, 0.05) is 11.8 Å². The Morgan fingerprint density at radius 1 is 1.08 bits per heavy atom. The standard InChI is InChI=1S/C11H20O/c1-8(2)9(3)7-10(12)11(4,5)6/h7H2,1-6H3. The maximum absolute atomic E-state index is 11.5. The second-order valence-corrected chi connectivity index (χ2v) is 4.63. The quantitative estimate of drug-likeness (QED) is 0.578. The summed E-state index contributed by atoms with van der Waals surface area (Å²) in [5.74, 6) is 0.321. The van der Waals surface area contributed by atoms with Crippen molar-refractivity contribution in [1.29, 1.82) is 0 Å². The molecule has 0 aromatic carbocycles. The van der Waals surface area contributed by atoms with Crippen LogP contribution in [0.2, 0.25) is 0 Å². The summed E-state index contributed by atoms with van der Waals surface area (Å²) in [5, 5.41) is 0. The molecule has 0 aliphatic rings. The first-order valence-corrected chi connectivity index (χ1v) is 4.41. The van der Waals surface area contributed by atoms with Crippen LogP contribution in [0.1, 0.15) is 48.0 Å². The molecule has 0 spiro atoms. The second-order valence-electron chi connectivity index (χ2n) is 4.63. The normalized spacial score (nSPS) is 11.2. The summed E-state index contributed by atoms with van der Waals surface area (Å²) in [6.45, 7) is 12.0. The van der Waals surface area contributed by atoms with Crippen molar-refractivity contribution < 1.29 is 4.79 Å². The molecule has 0 atom stereocenters. The second kappa shape index (κ2) is 3.88. The smallest absolute Gasteiger partial charge is 0.142 e. The van der Waals surface area contributed by atoms with E-state index in [2.05, 4.69) is 0 Å². The van der Waals surface area contributed by atoms with Crippen LogP contribution in [0, 0.1) is 5.41 Å². The number of ketones is 1. The lowest BCUT2D eigenvalue weighted by Crippen LogP contribution is -2.20. The Balaban J connectivity index is 4.32. The molecular formula is C11H20O. The molecule has 0 bridgehead atoms. The number of Topliss-reactive ketones (excluding diaryl/α,β-unsaturated/α-hetero) is 1. The van der Waals surface area contributed by atoms with Gasteiger partial charge < -0.3 is 0 Å². The Bertz CT molecular complexity index is 200. The number of hydrogen-bond acceptors (Lipinski definition) is 1. The average Bonchev–Trinajstić information content (AvgIpc) is 1.85. The molecule has 70 valence electrons. The van der Waals surface area contributed by atoms with Crippen LogP contribution in [0.3, 0.4) is 0 Å². The number of allylic oxidation sites excluding steroid dienone is 2. The van der Waals surface area contributed by atoms with Crippen LogP contribution in [-0.2, 0) is 4.79 Å². The topological polar surface area (TPSA) is 17.1 Å². The molecule has 0 amide bonds. The fraction of sp³-hybridized carbons (Fsp3) is 0.727. The number of carbonyl (C=O) groups excluding carboxylic acids is 1. The van der Waals surface area contributed by atoms with E-state index >= 15 is 0 Å². The predicted molar refractivity (Wildman–Crippen MR) is 53.1 cm³/mol. The van der Waals surface area contributed by atoms with E-state index in [0.29, 0.717) is 12.2 Å². The fourth-order valence-electron chi connectivity index (χ4n) is 0.683. The zero-order chi connectivity index (χ0) is 9.94. The van der Waals surface area contributed by atoms with E-state index in [0.717, 1.165) is 0 Å². The first-order valence-electron chi connectivity index (χ1n) is 4.41. The van der Waals surface area contributed by atoms with Crippen molar-refractivity contribution >= 4 is 5.78 Å². The third kappa shape index (κ3) is 3.70. The van der Waals surface area contributed by atoms with Gasteiger partial charge in [0.15, 0.2) is 0 Å². The van der Waals surface area contributed by atoms with Gasteiger partial charge in [0.2, 0.25) is 0 Å². The summed E-state index contributed by atoms with van der Waals surface area (Å²) in [5.41, 5.74) is 2.26. The molecule has 0 aromatic heterocycles. The Hall–Kier alpha value is -0.590. The maximum Gasteiger partial charge on any atom is 0.142 e. The van der Waals surface area contributed by atoms with Gasteiger partial charge in [-0.25, -0.2) is 0 Å². The Kier molecular flexibility index (Phi) is 3.69. The molecule has 1 nitrogen and oxygen atoms in total. The fourth-order valence-corrected chi connectivity index (χ4v) is 0.683. The summed E-state index contributed by atoms with van der Waals surface area (Å²) < 4.78 is 0. The van der Waals surface area contributed by atoms with Crippen LogP contribution >= 0.6 is 0 Å². The van der Waals surface area contributed by atoms with E-state index in [1.807, 2.05) is 41.5 Å². The van der Waals surface area contributed by atoms with Gasteiger partial charge in [0.25, 0.3) is 0 Å². The first-order chi connectivity index (χ1) is 5.25. The van der Waals surface area contributed by atoms with E-state index in [1.54, 1.807) is 0 Å². The first kappa shape index (κ1) is 11.4. The zero-order valence-corrected chi connectivity index (χ0v) is 9.12. The molecular weight excluding hydrogens is 148 g/mol. The van der Waals surface area contributed by atoms with Crippen molar-refractivity contribution in [2.24, 2.45) is 5.41 Å². The van der Waals surface area contributed by atoms with Crippen molar-refractivity contribution in [3.8, 4) is 0 Å². The highest BCUT2D eigenvalue weighted by molar-refractivity contribution is 5.85. The van der Waals surface area contributed by atoms with Gasteiger partial charge in [-0.1, -0.05) is 31.9 Å². The van der Waals surface area contributed by atoms with Crippen LogP contribution in [0.15, 0.2) is 11.1 Å². The highest BCUT2D eigenvalue weighted by atomic mass is 16.1. The largest absolute Gasteiger partial charge is 0.299 e. The van der Waals surface area contributed by atoms with Crippen molar-refractivity contribution in [2.75, 3.05) is 0 Å². The van der Waals surface area contributed by atoms with Crippen molar-refractivity contribution in [1.82, 2.24) is 0 Å². The predicted octanol–water partition coefficient (Wildman–Crippen LogP) is 3.35. The third-order valence-corrected chi connectivity index (χ3v) is 2.12. The van der Waals surface area contributed by atoms with Gasteiger partial charge >= 0.3 is 0 Å². The summed E-state index contributed by atoms with van der Waals surface area (Å²) in [6, 6.07) is 0. The van der Waals surface area contributed by atoms with E-state index in [1.165, 1.54) is 11.1 Å². The lowest BCUT2D eigenvalue weighted by Gasteiger charge is -2.17. The summed E-state index contributed by atoms with van der Waals surface area (Å²) in [6.07, 6.45) is 0.603. The van der Waals surface area contributed by atoms with Gasteiger partial charge in [-0.3, -0.25) is 4.79 Å². The highest BCUT2D eigenvalue weighted by Gasteiger charge is 2.20. The molecule has 0 heterocycles. The van der Waals surface area contributed by atoms with Crippen molar-refractivity contribution in [3.63, 3.8) is 0 Å². The highest BCUT2D eigenvalue weighted by Crippen LogP contribution is 2.20. The lowest BCUT2D eigenvalue weighted by atomic mass is 9.86. The molecule has 0 radical (unpaired) electrons. The molecule has 12 heavy (non-hydrogen) atoms. The van der Waals surface area contributed by atoms with Crippen LogP contribution in [0.5, 0.6) is 0 Å². The number of carbonyl (C=O) groups is 1. The SMILES string of the molecule is CC(C)=C(C)CC(=O)C(C)(C)C. The summed E-state index contributed by atoms with van der Waals surface area (Å²) >= 11 is 0. The van der Waals surface area contributed by atoms with E-state index < -0.39 is 0 Å². The minimum atomic E-state index is -0.198. The summed E-state index contributed by atoms with van der Waals surface area (Å²) in [4.78, 5) is 11.5.